The van der Waals surface area contributed by atoms with Gasteiger partial charge >= 0.3 is 6.18 Å². The van der Waals surface area contributed by atoms with Crippen molar-refractivity contribution in [3.05, 3.63) is 40.9 Å². The zero-order valence-electron chi connectivity index (χ0n) is 13.6. The Bertz CT molecular complexity index is 760. The monoisotopic (exact) mass is 369 g/mol. The third-order valence-corrected chi connectivity index (χ3v) is 5.17. The fourth-order valence-corrected chi connectivity index (χ4v) is 3.68. The third kappa shape index (κ3) is 4.01. The van der Waals surface area contributed by atoms with E-state index in [1.54, 1.807) is 16.3 Å². The van der Waals surface area contributed by atoms with E-state index >= 15 is 0 Å². The Labute approximate surface area is 147 Å². The van der Waals surface area contributed by atoms with Gasteiger partial charge in [0.25, 0.3) is 5.91 Å². The summed E-state index contributed by atoms with van der Waals surface area (Å²) in [6.45, 7) is 1.29. The van der Waals surface area contributed by atoms with Gasteiger partial charge in [-0.2, -0.15) is 13.2 Å². The Morgan fingerprint density at radius 3 is 2.92 bits per heavy atom. The van der Waals surface area contributed by atoms with Crippen LogP contribution in [0.5, 0.6) is 0 Å². The van der Waals surface area contributed by atoms with Crippen molar-refractivity contribution in [3.8, 4) is 10.6 Å². The lowest BCUT2D eigenvalue weighted by Crippen LogP contribution is -2.47. The fraction of sp³-hybridized carbons (Fsp3) is 0.412. The number of hydrogen-bond acceptors (Lipinski definition) is 4. The second kappa shape index (κ2) is 7.13. The third-order valence-electron chi connectivity index (χ3n) is 4.28. The standard InChI is InChI=1S/C17H18F3N3OS/c1-21-13-6-3-7-23(9-13)16(24)14-10-25-15(22-14)11-4-2-5-12(8-11)17(18,19)20/h2,4-5,8,10,13,21H,3,6-7,9H2,1H3. The zero-order valence-corrected chi connectivity index (χ0v) is 14.5. The van der Waals surface area contributed by atoms with Crippen LogP contribution in [-0.2, 0) is 6.18 Å². The molecule has 1 unspecified atom stereocenters. The average molecular weight is 369 g/mol. The number of nitrogens with one attached hydrogen (secondary N) is 1. The Hall–Kier alpha value is -1.93. The molecule has 1 atom stereocenters. The molecule has 1 fully saturated rings. The van der Waals surface area contributed by atoms with Crippen LogP contribution in [0.1, 0.15) is 28.9 Å². The maximum absolute atomic E-state index is 12.8. The topological polar surface area (TPSA) is 45.2 Å². The van der Waals surface area contributed by atoms with E-state index in [0.717, 1.165) is 25.0 Å². The SMILES string of the molecule is CNC1CCCN(C(=O)c2csc(-c3cccc(C(F)(F)F)c3)n2)C1. The van der Waals surface area contributed by atoms with Gasteiger partial charge in [-0.05, 0) is 32.0 Å². The van der Waals surface area contributed by atoms with Gasteiger partial charge in [-0.25, -0.2) is 4.98 Å². The number of alkyl halides is 3. The zero-order chi connectivity index (χ0) is 18.0. The molecule has 1 saturated heterocycles. The van der Waals surface area contributed by atoms with Crippen LogP contribution < -0.4 is 5.32 Å². The molecule has 1 aromatic carbocycles. The number of rotatable bonds is 3. The minimum Gasteiger partial charge on any atom is -0.336 e. The van der Waals surface area contributed by atoms with E-state index in [1.165, 1.54) is 17.4 Å². The van der Waals surface area contributed by atoms with Crippen molar-refractivity contribution < 1.29 is 18.0 Å². The van der Waals surface area contributed by atoms with E-state index in [2.05, 4.69) is 10.3 Å². The second-order valence-corrected chi connectivity index (χ2v) is 6.85. The summed E-state index contributed by atoms with van der Waals surface area (Å²) in [5, 5.41) is 5.20. The Kier molecular flexibility index (Phi) is 5.10. The van der Waals surface area contributed by atoms with Gasteiger partial charge in [0.15, 0.2) is 0 Å². The number of piperidine rings is 1. The van der Waals surface area contributed by atoms with Crippen molar-refractivity contribution in [2.45, 2.75) is 25.1 Å². The summed E-state index contributed by atoms with van der Waals surface area (Å²) < 4.78 is 38.5. The first-order valence-corrected chi connectivity index (χ1v) is 8.86. The number of carbonyl (C=O) groups excluding carboxylic acids is 1. The first kappa shape index (κ1) is 17.9. The molecule has 1 amide bonds. The van der Waals surface area contributed by atoms with Gasteiger partial charge in [0.2, 0.25) is 0 Å². The molecule has 0 aliphatic carbocycles. The predicted octanol–water partition coefficient (Wildman–Crippen LogP) is 3.65. The van der Waals surface area contributed by atoms with Crippen LogP contribution in [0.4, 0.5) is 13.2 Å². The quantitative estimate of drug-likeness (QED) is 0.898. The number of benzene rings is 1. The van der Waals surface area contributed by atoms with Crippen LogP contribution in [0.25, 0.3) is 10.6 Å². The molecule has 3 rings (SSSR count). The molecule has 1 N–H and O–H groups in total. The smallest absolute Gasteiger partial charge is 0.336 e. The Balaban J connectivity index is 1.79. The molecule has 25 heavy (non-hydrogen) atoms. The van der Waals surface area contributed by atoms with Crippen molar-refractivity contribution in [2.24, 2.45) is 0 Å². The predicted molar refractivity (Wildman–Crippen MR) is 90.5 cm³/mol. The summed E-state index contributed by atoms with van der Waals surface area (Å²) >= 11 is 1.18. The second-order valence-electron chi connectivity index (χ2n) is 6.00. The molecular weight excluding hydrogens is 351 g/mol. The van der Waals surface area contributed by atoms with Crippen LogP contribution in [-0.4, -0.2) is 42.0 Å². The van der Waals surface area contributed by atoms with Crippen molar-refractivity contribution in [3.63, 3.8) is 0 Å². The number of aromatic nitrogens is 1. The lowest BCUT2D eigenvalue weighted by atomic mass is 10.1. The van der Waals surface area contributed by atoms with Crippen molar-refractivity contribution in [2.75, 3.05) is 20.1 Å². The highest BCUT2D eigenvalue weighted by atomic mass is 32.1. The van der Waals surface area contributed by atoms with Crippen LogP contribution in [0.3, 0.4) is 0 Å². The van der Waals surface area contributed by atoms with Gasteiger partial charge in [-0.15, -0.1) is 11.3 Å². The maximum Gasteiger partial charge on any atom is 0.416 e. The van der Waals surface area contributed by atoms with Crippen molar-refractivity contribution >= 4 is 17.2 Å². The van der Waals surface area contributed by atoms with Gasteiger partial charge in [-0.3, -0.25) is 4.79 Å². The number of thiazole rings is 1. The van der Waals surface area contributed by atoms with E-state index in [1.807, 2.05) is 7.05 Å². The molecule has 1 aliphatic heterocycles. The molecule has 0 saturated carbocycles. The molecular formula is C17H18F3N3OS. The minimum absolute atomic E-state index is 0.172. The molecule has 0 radical (unpaired) electrons. The first-order chi connectivity index (χ1) is 11.9. The Morgan fingerprint density at radius 1 is 1.40 bits per heavy atom. The number of halogens is 3. The van der Waals surface area contributed by atoms with Gasteiger partial charge in [0, 0.05) is 30.1 Å². The number of carbonyl (C=O) groups is 1. The van der Waals surface area contributed by atoms with E-state index < -0.39 is 11.7 Å². The lowest BCUT2D eigenvalue weighted by molar-refractivity contribution is -0.137. The first-order valence-electron chi connectivity index (χ1n) is 7.98. The number of amides is 1. The van der Waals surface area contributed by atoms with Gasteiger partial charge < -0.3 is 10.2 Å². The lowest BCUT2D eigenvalue weighted by Gasteiger charge is -2.32. The summed E-state index contributed by atoms with van der Waals surface area (Å²) in [6.07, 6.45) is -2.46. The summed E-state index contributed by atoms with van der Waals surface area (Å²) in [6, 6.07) is 5.27. The molecule has 1 aliphatic rings. The number of hydrogen-bond donors (Lipinski definition) is 1. The number of likely N-dealkylation sites (tertiary alicyclic amines) is 1. The molecule has 1 aromatic heterocycles. The van der Waals surface area contributed by atoms with Gasteiger partial charge in [-0.1, -0.05) is 12.1 Å². The summed E-state index contributed by atoms with van der Waals surface area (Å²) in [4.78, 5) is 18.6. The normalized spacial score (nSPS) is 18.4. The molecule has 2 aromatic rings. The molecule has 134 valence electrons. The Morgan fingerprint density at radius 2 is 2.20 bits per heavy atom. The molecule has 0 bridgehead atoms. The highest BCUT2D eigenvalue weighted by Gasteiger charge is 2.31. The fourth-order valence-electron chi connectivity index (χ4n) is 2.89. The largest absolute Gasteiger partial charge is 0.416 e. The van der Waals surface area contributed by atoms with Gasteiger partial charge in [0.1, 0.15) is 10.7 Å². The van der Waals surface area contributed by atoms with Crippen LogP contribution in [0.2, 0.25) is 0 Å². The minimum atomic E-state index is -4.40. The molecule has 0 spiro atoms. The van der Waals surface area contributed by atoms with Crippen LogP contribution >= 0.6 is 11.3 Å². The molecule has 8 heteroatoms. The number of nitrogens with zero attached hydrogens (tertiary/aromatic N) is 2. The maximum atomic E-state index is 12.8. The van der Waals surface area contributed by atoms with Crippen LogP contribution in [0.15, 0.2) is 29.6 Å². The van der Waals surface area contributed by atoms with Gasteiger partial charge in [0.05, 0.1) is 5.56 Å². The van der Waals surface area contributed by atoms with E-state index in [4.69, 9.17) is 0 Å². The highest BCUT2D eigenvalue weighted by Crippen LogP contribution is 2.33. The molecule has 4 nitrogen and oxygen atoms in total. The summed E-state index contributed by atoms with van der Waals surface area (Å²) in [5.74, 6) is -0.172. The van der Waals surface area contributed by atoms with E-state index in [9.17, 15) is 18.0 Å². The van der Waals surface area contributed by atoms with E-state index in [-0.39, 0.29) is 17.6 Å². The average Bonchev–Trinajstić information content (AvgIpc) is 3.10. The van der Waals surface area contributed by atoms with Crippen molar-refractivity contribution in [1.29, 1.82) is 0 Å². The molecule has 2 heterocycles. The van der Waals surface area contributed by atoms with Crippen LogP contribution in [0, 0.1) is 0 Å². The number of likely N-dealkylation sites (N-methyl/N-ethyl adjacent to an activating group) is 1. The van der Waals surface area contributed by atoms with E-state index in [0.29, 0.717) is 23.7 Å². The van der Waals surface area contributed by atoms with Crippen molar-refractivity contribution in [1.82, 2.24) is 15.2 Å². The summed E-state index contributed by atoms with van der Waals surface area (Å²) in [5.41, 5.74) is -0.0687. The summed E-state index contributed by atoms with van der Waals surface area (Å²) in [7, 11) is 1.87. The highest BCUT2D eigenvalue weighted by molar-refractivity contribution is 7.13.